The van der Waals surface area contributed by atoms with Crippen LogP contribution in [0.15, 0.2) is 54.6 Å². The van der Waals surface area contributed by atoms with E-state index in [4.69, 9.17) is 0 Å². The summed E-state index contributed by atoms with van der Waals surface area (Å²) in [5.41, 5.74) is 2.94. The Balaban J connectivity index is 1.21. The smallest absolute Gasteiger partial charge is 0.264 e. The van der Waals surface area contributed by atoms with Gasteiger partial charge in [-0.1, -0.05) is 42.5 Å². The van der Waals surface area contributed by atoms with Crippen LogP contribution in [0.25, 0.3) is 0 Å². The van der Waals surface area contributed by atoms with Crippen molar-refractivity contribution >= 4 is 15.9 Å². The number of hydrogen-bond acceptors (Lipinski definition) is 5. The van der Waals surface area contributed by atoms with Gasteiger partial charge in [-0.15, -0.1) is 0 Å². The zero-order valence-electron chi connectivity index (χ0n) is 18.8. The molecule has 2 aromatic rings. The lowest BCUT2D eigenvalue weighted by Gasteiger charge is -2.32. The van der Waals surface area contributed by atoms with Crippen LogP contribution >= 0.6 is 0 Å². The molecule has 2 fully saturated rings. The van der Waals surface area contributed by atoms with Gasteiger partial charge in [0.15, 0.2) is 0 Å². The predicted octanol–water partition coefficient (Wildman–Crippen LogP) is 3.26. The number of nitrogens with one attached hydrogen (secondary N) is 2. The topological polar surface area (TPSA) is 78.5 Å². The molecule has 1 aliphatic carbocycles. The summed E-state index contributed by atoms with van der Waals surface area (Å²) in [5.74, 6) is 0.0893. The summed E-state index contributed by atoms with van der Waals surface area (Å²) < 4.78 is 25.9. The first-order chi connectivity index (χ1) is 15.3. The van der Waals surface area contributed by atoms with Gasteiger partial charge in [0.05, 0.1) is 5.25 Å². The van der Waals surface area contributed by atoms with Crippen molar-refractivity contribution in [3.05, 3.63) is 71.3 Å². The maximum absolute atomic E-state index is 12.2. The summed E-state index contributed by atoms with van der Waals surface area (Å²) in [6.07, 6.45) is 3.53. The second-order valence-corrected chi connectivity index (χ2v) is 11.5. The van der Waals surface area contributed by atoms with Crippen LogP contribution < -0.4 is 10.0 Å². The third kappa shape index (κ3) is 5.77. The molecule has 0 bridgehead atoms. The minimum absolute atomic E-state index is 0.360. The first-order valence-corrected chi connectivity index (χ1v) is 13.0. The molecule has 2 aromatic carbocycles. The van der Waals surface area contributed by atoms with Gasteiger partial charge in [-0.3, -0.25) is 9.69 Å². The molecular weight excluding hydrogens is 422 g/mol. The number of piperidine rings is 1. The fourth-order valence-corrected chi connectivity index (χ4v) is 4.95. The average molecular weight is 456 g/mol. The van der Waals surface area contributed by atoms with Gasteiger partial charge >= 0.3 is 0 Å². The number of hydrogen-bond donors (Lipinski definition) is 2. The maximum Gasteiger partial charge on any atom is 0.264 e. The third-order valence-corrected chi connectivity index (χ3v) is 8.24. The lowest BCUT2D eigenvalue weighted by molar-refractivity contribution is 0.0981. The Bertz CT molecular complexity index is 1010. The van der Waals surface area contributed by atoms with E-state index in [1.54, 1.807) is 26.0 Å². The lowest BCUT2D eigenvalue weighted by atomic mass is 10.0. The molecule has 0 spiro atoms. The second-order valence-electron chi connectivity index (χ2n) is 9.30. The van der Waals surface area contributed by atoms with Crippen molar-refractivity contribution in [1.82, 2.24) is 14.9 Å². The van der Waals surface area contributed by atoms with Gasteiger partial charge in [-0.2, -0.15) is 0 Å². The zero-order valence-corrected chi connectivity index (χ0v) is 19.6. The molecule has 1 saturated heterocycles. The van der Waals surface area contributed by atoms with Crippen molar-refractivity contribution in [1.29, 1.82) is 0 Å². The van der Waals surface area contributed by atoms with Gasteiger partial charge in [0, 0.05) is 30.1 Å². The number of likely N-dealkylation sites (tertiary alicyclic amines) is 1. The summed E-state index contributed by atoms with van der Waals surface area (Å²) >= 11 is 0. The number of rotatable bonds is 8. The van der Waals surface area contributed by atoms with E-state index in [9.17, 15) is 13.2 Å². The van der Waals surface area contributed by atoms with Gasteiger partial charge in [0.1, 0.15) is 0 Å². The van der Waals surface area contributed by atoms with Crippen molar-refractivity contribution < 1.29 is 13.2 Å². The maximum atomic E-state index is 12.2. The minimum atomic E-state index is -3.62. The first kappa shape index (κ1) is 23.0. The number of amides is 1. The molecule has 4 rings (SSSR count). The van der Waals surface area contributed by atoms with E-state index >= 15 is 0 Å². The van der Waals surface area contributed by atoms with Crippen LogP contribution in [-0.4, -0.2) is 49.6 Å². The molecule has 1 saturated carbocycles. The Kier molecular flexibility index (Phi) is 6.98. The van der Waals surface area contributed by atoms with Crippen LogP contribution in [0.3, 0.4) is 0 Å². The van der Waals surface area contributed by atoms with Crippen LogP contribution in [0.1, 0.15) is 60.5 Å². The average Bonchev–Trinajstić information content (AvgIpc) is 3.55. The molecule has 1 amide bonds. The Labute approximate surface area is 191 Å². The molecule has 172 valence electrons. The molecule has 7 heteroatoms. The molecule has 0 radical (unpaired) electrons. The number of nitrogens with zero attached hydrogens (tertiary/aromatic N) is 1. The number of carbonyl (C=O) groups excluding carboxylic acids is 1. The van der Waals surface area contributed by atoms with Crippen LogP contribution in [-0.2, 0) is 16.6 Å². The Morgan fingerprint density at radius 1 is 1.03 bits per heavy atom. The minimum Gasteiger partial charge on any atom is -0.311 e. The highest BCUT2D eigenvalue weighted by atomic mass is 32.2. The predicted molar refractivity (Wildman–Crippen MR) is 127 cm³/mol. The van der Waals surface area contributed by atoms with Gasteiger partial charge in [0.2, 0.25) is 10.0 Å². The monoisotopic (exact) mass is 455 g/mol. The van der Waals surface area contributed by atoms with Gasteiger partial charge in [0.25, 0.3) is 5.91 Å². The van der Waals surface area contributed by atoms with Crippen molar-refractivity contribution in [2.45, 2.75) is 62.9 Å². The van der Waals surface area contributed by atoms with E-state index in [2.05, 4.69) is 45.3 Å². The van der Waals surface area contributed by atoms with E-state index in [0.717, 1.165) is 38.0 Å². The highest BCUT2D eigenvalue weighted by molar-refractivity contribution is 7.90. The van der Waals surface area contributed by atoms with Crippen molar-refractivity contribution in [2.75, 3.05) is 13.1 Å². The fraction of sp³-hybridized carbons (Fsp3) is 0.480. The normalized spacial score (nSPS) is 22.1. The van der Waals surface area contributed by atoms with Crippen LogP contribution in [0.5, 0.6) is 0 Å². The van der Waals surface area contributed by atoms with E-state index in [0.29, 0.717) is 23.6 Å². The summed E-state index contributed by atoms with van der Waals surface area (Å²) in [5, 5.41) is 3.21. The molecule has 32 heavy (non-hydrogen) atoms. The van der Waals surface area contributed by atoms with Crippen LogP contribution in [0.4, 0.5) is 0 Å². The highest BCUT2D eigenvalue weighted by Gasteiger charge is 2.39. The van der Waals surface area contributed by atoms with Crippen molar-refractivity contribution in [3.8, 4) is 0 Å². The molecule has 2 unspecified atom stereocenters. The molecule has 1 heterocycles. The summed E-state index contributed by atoms with van der Waals surface area (Å²) in [6, 6.07) is 19.2. The summed E-state index contributed by atoms with van der Waals surface area (Å²) in [6.45, 7) is 6.03. The number of benzene rings is 2. The molecule has 6 nitrogen and oxygen atoms in total. The Hall–Kier alpha value is -2.22. The van der Waals surface area contributed by atoms with Gasteiger partial charge in [-0.25, -0.2) is 13.1 Å². The van der Waals surface area contributed by atoms with E-state index in [-0.39, 0.29) is 0 Å². The standard InChI is InChI=1S/C25H33N3O3S/c1-18(2)32(30,31)27-25(29)21-10-8-19(9-11-21)17-28-14-12-22(13-15-28)26-24-16-23(24)20-6-4-3-5-7-20/h3-11,18,22-24,26H,12-17H2,1-2H3,(H,27,29). The zero-order chi connectivity index (χ0) is 22.7. The lowest BCUT2D eigenvalue weighted by Crippen LogP contribution is -2.43. The number of sulfonamides is 1. The van der Waals surface area contributed by atoms with Crippen LogP contribution in [0, 0.1) is 0 Å². The molecular formula is C25H33N3O3S. The van der Waals surface area contributed by atoms with E-state index in [1.165, 1.54) is 12.0 Å². The fourth-order valence-electron chi connectivity index (χ4n) is 4.33. The molecule has 2 N–H and O–H groups in total. The summed E-state index contributed by atoms with van der Waals surface area (Å²) in [4.78, 5) is 14.6. The number of carbonyl (C=O) groups is 1. The van der Waals surface area contributed by atoms with E-state index < -0.39 is 21.2 Å². The Morgan fingerprint density at radius 3 is 2.31 bits per heavy atom. The quantitative estimate of drug-likeness (QED) is 0.639. The van der Waals surface area contributed by atoms with Gasteiger partial charge < -0.3 is 5.32 Å². The first-order valence-electron chi connectivity index (χ1n) is 11.5. The Morgan fingerprint density at radius 2 is 1.69 bits per heavy atom. The largest absolute Gasteiger partial charge is 0.311 e. The third-order valence-electron chi connectivity index (χ3n) is 6.53. The molecule has 2 aliphatic rings. The van der Waals surface area contributed by atoms with Crippen molar-refractivity contribution in [2.24, 2.45) is 0 Å². The van der Waals surface area contributed by atoms with Crippen LogP contribution in [0.2, 0.25) is 0 Å². The van der Waals surface area contributed by atoms with Gasteiger partial charge in [-0.05, 0) is 69.5 Å². The SMILES string of the molecule is CC(C)S(=O)(=O)NC(=O)c1ccc(CN2CCC(NC3CC3c3ccccc3)CC2)cc1. The van der Waals surface area contributed by atoms with Crippen molar-refractivity contribution in [3.63, 3.8) is 0 Å². The highest BCUT2D eigenvalue weighted by Crippen LogP contribution is 2.41. The second kappa shape index (κ2) is 9.73. The summed E-state index contributed by atoms with van der Waals surface area (Å²) in [7, 11) is -3.62. The molecule has 2 atom stereocenters. The van der Waals surface area contributed by atoms with E-state index in [1.807, 2.05) is 12.1 Å². The molecule has 0 aromatic heterocycles. The molecule has 1 aliphatic heterocycles.